The van der Waals surface area contributed by atoms with E-state index in [2.05, 4.69) is 12.1 Å². The Bertz CT molecular complexity index is 566. The van der Waals surface area contributed by atoms with E-state index < -0.39 is 0 Å². The minimum atomic E-state index is -0.235. The zero-order valence-electron chi connectivity index (χ0n) is 11.1. The van der Waals surface area contributed by atoms with E-state index in [0.717, 1.165) is 24.2 Å². The van der Waals surface area contributed by atoms with Crippen molar-refractivity contribution in [1.82, 2.24) is 0 Å². The number of rotatable bonds is 5. The summed E-state index contributed by atoms with van der Waals surface area (Å²) >= 11 is 18.4. The highest BCUT2D eigenvalue weighted by Crippen LogP contribution is 2.32. The predicted molar refractivity (Wildman–Crippen MR) is 86.2 cm³/mol. The van der Waals surface area contributed by atoms with Gasteiger partial charge in [0.05, 0.1) is 22.0 Å². The van der Waals surface area contributed by atoms with E-state index in [1.165, 1.54) is 5.56 Å². The molecule has 0 N–H and O–H groups in total. The maximum Gasteiger partial charge on any atom is 0.0835 e. The second-order valence-electron chi connectivity index (χ2n) is 4.52. The molecule has 0 bridgehead atoms. The van der Waals surface area contributed by atoms with Crippen molar-refractivity contribution in [3.63, 3.8) is 0 Å². The lowest BCUT2D eigenvalue weighted by molar-refractivity contribution is 0.202. The Hall–Kier alpha value is -0.730. The quantitative estimate of drug-likeness (QED) is 0.657. The van der Waals surface area contributed by atoms with Gasteiger partial charge in [0, 0.05) is 7.11 Å². The van der Waals surface area contributed by atoms with Crippen LogP contribution >= 0.6 is 34.8 Å². The number of halogens is 3. The van der Waals surface area contributed by atoms with E-state index in [4.69, 9.17) is 39.5 Å². The van der Waals surface area contributed by atoms with E-state index in [1.807, 2.05) is 18.2 Å². The highest BCUT2D eigenvalue weighted by atomic mass is 35.5. The second-order valence-corrected chi connectivity index (χ2v) is 5.77. The van der Waals surface area contributed by atoms with Gasteiger partial charge in [0.15, 0.2) is 0 Å². The molecule has 0 aromatic heterocycles. The molecule has 4 heteroatoms. The van der Waals surface area contributed by atoms with Crippen LogP contribution in [0.2, 0.25) is 10.0 Å². The summed E-state index contributed by atoms with van der Waals surface area (Å²) in [4.78, 5) is 0. The topological polar surface area (TPSA) is 9.23 Å². The summed E-state index contributed by atoms with van der Waals surface area (Å²) in [6.45, 7) is 0.719. The summed E-state index contributed by atoms with van der Waals surface area (Å²) in [5, 5.41) is 0.821. The zero-order chi connectivity index (χ0) is 14.5. The van der Waals surface area contributed by atoms with Crippen molar-refractivity contribution in [3.05, 3.63) is 69.2 Å². The molecule has 1 atom stereocenters. The van der Waals surface area contributed by atoms with Gasteiger partial charge in [0.2, 0.25) is 0 Å². The van der Waals surface area contributed by atoms with Gasteiger partial charge < -0.3 is 4.74 Å². The van der Waals surface area contributed by atoms with Gasteiger partial charge in [-0.1, -0.05) is 53.5 Å². The molecule has 0 heterocycles. The molecule has 1 unspecified atom stereocenters. The molecule has 0 radical (unpaired) electrons. The highest BCUT2D eigenvalue weighted by Gasteiger charge is 2.12. The molecule has 1 nitrogen and oxygen atoms in total. The van der Waals surface area contributed by atoms with E-state index in [9.17, 15) is 0 Å². The molecule has 0 aliphatic heterocycles. The van der Waals surface area contributed by atoms with Gasteiger partial charge in [-0.25, -0.2) is 0 Å². The lowest BCUT2D eigenvalue weighted by Gasteiger charge is -2.12. The van der Waals surface area contributed by atoms with E-state index in [1.54, 1.807) is 19.2 Å². The van der Waals surface area contributed by atoms with Gasteiger partial charge in [-0.3, -0.25) is 0 Å². The van der Waals surface area contributed by atoms with Crippen LogP contribution in [-0.4, -0.2) is 13.7 Å². The SMILES string of the molecule is COCCc1ccc(C(Cl)c2ccc(Cl)c(Cl)c2)cc1. The minimum absolute atomic E-state index is 0.235. The van der Waals surface area contributed by atoms with Crippen molar-refractivity contribution >= 4 is 34.8 Å². The molecular weight excluding hydrogens is 315 g/mol. The van der Waals surface area contributed by atoms with Gasteiger partial charge in [-0.15, -0.1) is 11.6 Å². The van der Waals surface area contributed by atoms with Crippen LogP contribution in [-0.2, 0) is 11.2 Å². The van der Waals surface area contributed by atoms with Gasteiger partial charge in [0.1, 0.15) is 0 Å². The van der Waals surface area contributed by atoms with Crippen LogP contribution in [0, 0.1) is 0 Å². The Morgan fingerprint density at radius 1 is 0.950 bits per heavy atom. The smallest absolute Gasteiger partial charge is 0.0835 e. The fourth-order valence-electron chi connectivity index (χ4n) is 1.94. The molecule has 2 aromatic carbocycles. The third kappa shape index (κ3) is 3.89. The Kier molecular flexibility index (Phi) is 5.74. The molecule has 0 aliphatic rings. The monoisotopic (exact) mass is 328 g/mol. The van der Waals surface area contributed by atoms with Crippen LogP contribution in [0.3, 0.4) is 0 Å². The molecule has 2 aromatic rings. The van der Waals surface area contributed by atoms with Crippen molar-refractivity contribution in [2.24, 2.45) is 0 Å². The second kappa shape index (κ2) is 7.33. The number of hydrogen-bond acceptors (Lipinski definition) is 1. The lowest BCUT2D eigenvalue weighted by atomic mass is 10.0. The Balaban J connectivity index is 2.15. The number of alkyl halides is 1. The molecule has 0 amide bonds. The Morgan fingerprint density at radius 3 is 2.20 bits per heavy atom. The molecule has 0 fully saturated rings. The van der Waals surface area contributed by atoms with Gasteiger partial charge in [0.25, 0.3) is 0 Å². The van der Waals surface area contributed by atoms with Crippen LogP contribution in [0.25, 0.3) is 0 Å². The first-order valence-electron chi connectivity index (χ1n) is 6.28. The summed E-state index contributed by atoms with van der Waals surface area (Å²) in [5.74, 6) is 0. The van der Waals surface area contributed by atoms with Crippen LogP contribution in [0.4, 0.5) is 0 Å². The molecule has 0 aliphatic carbocycles. The molecule has 0 spiro atoms. The molecular formula is C16H15Cl3O. The lowest BCUT2D eigenvalue weighted by Crippen LogP contribution is -1.97. The average Bonchev–Trinajstić information content (AvgIpc) is 2.48. The average molecular weight is 330 g/mol. The maximum atomic E-state index is 6.49. The van der Waals surface area contributed by atoms with Crippen LogP contribution in [0.1, 0.15) is 22.1 Å². The van der Waals surface area contributed by atoms with Crippen molar-refractivity contribution in [1.29, 1.82) is 0 Å². The van der Waals surface area contributed by atoms with Gasteiger partial charge >= 0.3 is 0 Å². The van der Waals surface area contributed by atoms with Crippen molar-refractivity contribution in [2.45, 2.75) is 11.8 Å². The number of hydrogen-bond donors (Lipinski definition) is 0. The zero-order valence-corrected chi connectivity index (χ0v) is 13.3. The summed E-state index contributed by atoms with van der Waals surface area (Å²) in [6.07, 6.45) is 0.899. The standard InChI is InChI=1S/C16H15Cl3O/c1-20-9-8-11-2-4-12(5-3-11)16(19)13-6-7-14(17)15(18)10-13/h2-7,10,16H,8-9H2,1H3. The largest absolute Gasteiger partial charge is 0.384 e. The number of ether oxygens (including phenoxy) is 1. The summed E-state index contributed by atoms with van der Waals surface area (Å²) in [5.41, 5.74) is 3.20. The molecule has 106 valence electrons. The normalized spacial score (nSPS) is 12.4. The van der Waals surface area contributed by atoms with Gasteiger partial charge in [-0.05, 0) is 35.2 Å². The van der Waals surface area contributed by atoms with E-state index in [-0.39, 0.29) is 5.38 Å². The Morgan fingerprint density at radius 2 is 1.60 bits per heavy atom. The maximum absolute atomic E-state index is 6.49. The molecule has 20 heavy (non-hydrogen) atoms. The first kappa shape index (κ1) is 15.7. The van der Waals surface area contributed by atoms with Crippen molar-refractivity contribution < 1.29 is 4.74 Å². The van der Waals surface area contributed by atoms with Crippen LogP contribution in [0.15, 0.2) is 42.5 Å². The van der Waals surface area contributed by atoms with E-state index >= 15 is 0 Å². The molecule has 0 saturated heterocycles. The van der Waals surface area contributed by atoms with E-state index in [0.29, 0.717) is 10.0 Å². The molecule has 0 saturated carbocycles. The van der Waals surface area contributed by atoms with Gasteiger partial charge in [-0.2, -0.15) is 0 Å². The van der Waals surface area contributed by atoms with Crippen molar-refractivity contribution in [2.75, 3.05) is 13.7 Å². The summed E-state index contributed by atoms with van der Waals surface area (Å²) in [7, 11) is 1.70. The van der Waals surface area contributed by atoms with Crippen molar-refractivity contribution in [3.8, 4) is 0 Å². The highest BCUT2D eigenvalue weighted by molar-refractivity contribution is 6.42. The Labute approximate surface area is 134 Å². The summed E-state index contributed by atoms with van der Waals surface area (Å²) in [6, 6.07) is 13.7. The molecule has 2 rings (SSSR count). The van der Waals surface area contributed by atoms with Crippen LogP contribution in [0.5, 0.6) is 0 Å². The third-order valence-electron chi connectivity index (χ3n) is 3.10. The summed E-state index contributed by atoms with van der Waals surface area (Å²) < 4.78 is 5.06. The number of methoxy groups -OCH3 is 1. The predicted octanol–water partition coefficient (Wildman–Crippen LogP) is 5.51. The first-order valence-corrected chi connectivity index (χ1v) is 7.48. The number of benzene rings is 2. The fraction of sp³-hybridized carbons (Fsp3) is 0.250. The fourth-order valence-corrected chi connectivity index (χ4v) is 2.52. The third-order valence-corrected chi connectivity index (χ3v) is 4.35. The van der Waals surface area contributed by atoms with Crippen LogP contribution < -0.4 is 0 Å². The minimum Gasteiger partial charge on any atom is -0.384 e. The first-order chi connectivity index (χ1) is 9.61.